The van der Waals surface area contributed by atoms with Crippen molar-refractivity contribution in [3.05, 3.63) is 64.4 Å². The van der Waals surface area contributed by atoms with Gasteiger partial charge in [-0.05, 0) is 54.3 Å². The Morgan fingerprint density at radius 1 is 1.22 bits per heavy atom. The number of fused-ring (bicyclic) bond motifs is 1. The van der Waals surface area contributed by atoms with Crippen molar-refractivity contribution in [2.24, 2.45) is 5.92 Å². The fourth-order valence-corrected chi connectivity index (χ4v) is 3.01. The number of esters is 1. The molecule has 0 aliphatic carbocycles. The molecule has 0 fully saturated rings. The first kappa shape index (κ1) is 19.2. The monoisotopic (exact) mass is 391 g/mol. The van der Waals surface area contributed by atoms with Crippen molar-refractivity contribution in [2.75, 3.05) is 19.8 Å². The second kappa shape index (κ2) is 8.86. The SMILES string of the molecule is O=C(COC(=O)[C@@H]1COc2ccc(Cl)cc2C1)NCCc1ccc(F)cc1. The summed E-state index contributed by atoms with van der Waals surface area (Å²) in [7, 11) is 0. The summed E-state index contributed by atoms with van der Waals surface area (Å²) in [5.41, 5.74) is 1.75. The fraction of sp³-hybridized carbons (Fsp3) is 0.300. The summed E-state index contributed by atoms with van der Waals surface area (Å²) in [5, 5.41) is 3.24. The Balaban J connectivity index is 1.40. The molecular weight excluding hydrogens is 373 g/mol. The summed E-state index contributed by atoms with van der Waals surface area (Å²) in [6, 6.07) is 11.3. The molecule has 2 aromatic carbocycles. The van der Waals surface area contributed by atoms with Crippen molar-refractivity contribution in [2.45, 2.75) is 12.8 Å². The number of carbonyl (C=O) groups excluding carboxylic acids is 2. The zero-order valence-electron chi connectivity index (χ0n) is 14.5. The third kappa shape index (κ3) is 5.44. The third-order valence-electron chi connectivity index (χ3n) is 4.26. The molecule has 1 N–H and O–H groups in total. The van der Waals surface area contributed by atoms with E-state index in [0.29, 0.717) is 30.2 Å². The number of carbonyl (C=O) groups is 2. The molecule has 7 heteroatoms. The topological polar surface area (TPSA) is 64.6 Å². The number of nitrogens with one attached hydrogen (secondary N) is 1. The molecule has 1 aliphatic heterocycles. The lowest BCUT2D eigenvalue weighted by Crippen LogP contribution is -2.34. The molecule has 0 saturated carbocycles. The molecular formula is C20H19ClFNO4. The van der Waals surface area contributed by atoms with Gasteiger partial charge in [-0.25, -0.2) is 4.39 Å². The summed E-state index contributed by atoms with van der Waals surface area (Å²) >= 11 is 5.96. The standard InChI is InChI=1S/C20H19ClFNO4/c21-16-3-6-18-14(10-16)9-15(11-26-18)20(25)27-12-19(24)23-8-7-13-1-4-17(22)5-2-13/h1-6,10,15H,7-9,11-12H2,(H,23,24)/t15-/m0/s1. The first-order valence-electron chi connectivity index (χ1n) is 8.60. The predicted molar refractivity (Wildman–Crippen MR) is 98.2 cm³/mol. The van der Waals surface area contributed by atoms with Gasteiger partial charge in [0.1, 0.15) is 18.2 Å². The van der Waals surface area contributed by atoms with Gasteiger partial charge < -0.3 is 14.8 Å². The predicted octanol–water partition coefficient (Wildman–Crippen LogP) is 2.93. The Bertz CT molecular complexity index is 825. The molecule has 0 radical (unpaired) electrons. The van der Waals surface area contributed by atoms with Crippen LogP contribution in [0.15, 0.2) is 42.5 Å². The van der Waals surface area contributed by atoms with Crippen LogP contribution in [0.4, 0.5) is 4.39 Å². The number of rotatable bonds is 6. The molecule has 0 spiro atoms. The van der Waals surface area contributed by atoms with Crippen LogP contribution in [0.2, 0.25) is 5.02 Å². The van der Waals surface area contributed by atoms with E-state index >= 15 is 0 Å². The van der Waals surface area contributed by atoms with Gasteiger partial charge >= 0.3 is 5.97 Å². The van der Waals surface area contributed by atoms with Gasteiger partial charge in [-0.3, -0.25) is 9.59 Å². The summed E-state index contributed by atoms with van der Waals surface area (Å²) in [4.78, 5) is 24.0. The van der Waals surface area contributed by atoms with Crippen LogP contribution in [-0.4, -0.2) is 31.6 Å². The van der Waals surface area contributed by atoms with E-state index in [4.69, 9.17) is 21.1 Å². The minimum Gasteiger partial charge on any atom is -0.492 e. The number of hydrogen-bond acceptors (Lipinski definition) is 4. The largest absolute Gasteiger partial charge is 0.492 e. The summed E-state index contributed by atoms with van der Waals surface area (Å²) in [5.74, 6) is -0.920. The molecule has 1 amide bonds. The first-order valence-corrected chi connectivity index (χ1v) is 8.98. The van der Waals surface area contributed by atoms with E-state index in [2.05, 4.69) is 5.32 Å². The van der Waals surface area contributed by atoms with Crippen LogP contribution in [0, 0.1) is 11.7 Å². The highest BCUT2D eigenvalue weighted by molar-refractivity contribution is 6.30. The van der Waals surface area contributed by atoms with E-state index < -0.39 is 11.9 Å². The zero-order chi connectivity index (χ0) is 19.2. The second-order valence-corrected chi connectivity index (χ2v) is 6.73. The van der Waals surface area contributed by atoms with Crippen LogP contribution in [0.1, 0.15) is 11.1 Å². The quantitative estimate of drug-likeness (QED) is 0.769. The van der Waals surface area contributed by atoms with Crippen molar-refractivity contribution in [3.63, 3.8) is 0 Å². The Morgan fingerprint density at radius 2 is 2.00 bits per heavy atom. The Kier molecular flexibility index (Phi) is 6.29. The van der Waals surface area contributed by atoms with Gasteiger partial charge in [-0.15, -0.1) is 0 Å². The van der Waals surface area contributed by atoms with E-state index in [1.165, 1.54) is 12.1 Å². The molecule has 0 saturated heterocycles. The minimum absolute atomic E-state index is 0.208. The van der Waals surface area contributed by atoms with Crippen molar-refractivity contribution < 1.29 is 23.5 Å². The van der Waals surface area contributed by atoms with E-state index in [9.17, 15) is 14.0 Å². The zero-order valence-corrected chi connectivity index (χ0v) is 15.3. The molecule has 2 aromatic rings. The molecule has 0 unspecified atom stereocenters. The van der Waals surface area contributed by atoms with Gasteiger partial charge in [0.25, 0.3) is 5.91 Å². The average Bonchev–Trinajstić information content (AvgIpc) is 2.67. The Morgan fingerprint density at radius 3 is 2.78 bits per heavy atom. The van der Waals surface area contributed by atoms with Crippen molar-refractivity contribution in [1.82, 2.24) is 5.32 Å². The summed E-state index contributed by atoms with van der Waals surface area (Å²) in [6.45, 7) is 0.237. The highest BCUT2D eigenvalue weighted by Crippen LogP contribution is 2.30. The highest BCUT2D eigenvalue weighted by atomic mass is 35.5. The number of amides is 1. The lowest BCUT2D eigenvalue weighted by molar-refractivity contribution is -0.153. The number of benzene rings is 2. The van der Waals surface area contributed by atoms with Crippen molar-refractivity contribution in [1.29, 1.82) is 0 Å². The Labute approximate surface area is 161 Å². The van der Waals surface area contributed by atoms with Crippen molar-refractivity contribution >= 4 is 23.5 Å². The highest BCUT2D eigenvalue weighted by Gasteiger charge is 2.27. The van der Waals surface area contributed by atoms with Gasteiger partial charge in [-0.1, -0.05) is 23.7 Å². The fourth-order valence-electron chi connectivity index (χ4n) is 2.82. The first-order chi connectivity index (χ1) is 13.0. The van der Waals surface area contributed by atoms with Crippen LogP contribution in [0.25, 0.3) is 0 Å². The normalized spacial score (nSPS) is 15.4. The minimum atomic E-state index is -0.477. The molecule has 0 bridgehead atoms. The maximum absolute atomic E-state index is 12.8. The van der Waals surface area contributed by atoms with E-state index in [-0.39, 0.29) is 24.9 Å². The maximum atomic E-state index is 12.8. The van der Waals surface area contributed by atoms with Gasteiger partial charge in [0, 0.05) is 11.6 Å². The van der Waals surface area contributed by atoms with Crippen LogP contribution in [-0.2, 0) is 27.2 Å². The Hall–Kier alpha value is -2.60. The molecule has 142 valence electrons. The van der Waals surface area contributed by atoms with Gasteiger partial charge in [0.05, 0.1) is 5.92 Å². The van der Waals surface area contributed by atoms with Crippen molar-refractivity contribution in [3.8, 4) is 5.75 Å². The number of halogens is 2. The molecule has 1 atom stereocenters. The lowest BCUT2D eigenvalue weighted by Gasteiger charge is -2.24. The molecule has 1 heterocycles. The molecule has 1 aliphatic rings. The third-order valence-corrected chi connectivity index (χ3v) is 4.49. The summed E-state index contributed by atoms with van der Waals surface area (Å²) in [6.07, 6.45) is 1.02. The lowest BCUT2D eigenvalue weighted by atomic mass is 9.97. The van der Waals surface area contributed by atoms with Gasteiger partial charge in [0.15, 0.2) is 6.61 Å². The molecule has 5 nitrogen and oxygen atoms in total. The van der Waals surface area contributed by atoms with E-state index in [1.54, 1.807) is 30.3 Å². The number of ether oxygens (including phenoxy) is 2. The molecule has 27 heavy (non-hydrogen) atoms. The van der Waals surface area contributed by atoms with E-state index in [1.807, 2.05) is 0 Å². The van der Waals surface area contributed by atoms with Crippen LogP contribution in [0.5, 0.6) is 5.75 Å². The molecule has 0 aromatic heterocycles. The smallest absolute Gasteiger partial charge is 0.313 e. The average molecular weight is 392 g/mol. The van der Waals surface area contributed by atoms with E-state index in [0.717, 1.165) is 11.1 Å². The summed E-state index contributed by atoms with van der Waals surface area (Å²) < 4.78 is 23.5. The van der Waals surface area contributed by atoms with Gasteiger partial charge in [0.2, 0.25) is 0 Å². The van der Waals surface area contributed by atoms with Crippen LogP contribution in [0.3, 0.4) is 0 Å². The van der Waals surface area contributed by atoms with Crippen LogP contribution < -0.4 is 10.1 Å². The second-order valence-electron chi connectivity index (χ2n) is 6.30. The number of hydrogen-bond donors (Lipinski definition) is 1. The van der Waals surface area contributed by atoms with Crippen LogP contribution >= 0.6 is 11.6 Å². The molecule has 3 rings (SSSR count). The van der Waals surface area contributed by atoms with Gasteiger partial charge in [-0.2, -0.15) is 0 Å². The maximum Gasteiger partial charge on any atom is 0.313 e.